The van der Waals surface area contributed by atoms with E-state index in [0.29, 0.717) is 31.0 Å². The summed E-state index contributed by atoms with van der Waals surface area (Å²) >= 11 is 0. The SMILES string of the molecule is CCOC(=O)CCC(=O)N(CCOC)CC(=O)N(CCc1c[nH]c2ccccc12)Cc1ccc(OC)c(OC)c1. The number of hydrogen-bond acceptors (Lipinski definition) is 7. The third kappa shape index (κ3) is 8.47. The molecule has 0 spiro atoms. The maximum Gasteiger partial charge on any atom is 0.306 e. The number of nitrogens with zero attached hydrogens (tertiary/aromatic N) is 2. The third-order valence-electron chi connectivity index (χ3n) is 6.59. The van der Waals surface area contributed by atoms with Crippen molar-refractivity contribution in [2.24, 2.45) is 0 Å². The van der Waals surface area contributed by atoms with E-state index in [1.54, 1.807) is 32.1 Å². The lowest BCUT2D eigenvalue weighted by molar-refractivity contribution is -0.146. The Labute approximate surface area is 235 Å². The molecule has 216 valence electrons. The molecule has 0 bridgehead atoms. The second-order valence-electron chi connectivity index (χ2n) is 9.23. The Morgan fingerprint density at radius 1 is 0.875 bits per heavy atom. The number of esters is 1. The van der Waals surface area contributed by atoms with Gasteiger partial charge < -0.3 is 33.7 Å². The minimum atomic E-state index is -0.442. The Kier molecular flexibility index (Phi) is 11.8. The summed E-state index contributed by atoms with van der Waals surface area (Å²) in [7, 11) is 4.67. The number of hydrogen-bond donors (Lipinski definition) is 1. The first kappa shape index (κ1) is 30.5. The molecule has 0 unspecified atom stereocenters. The summed E-state index contributed by atoms with van der Waals surface area (Å²) in [6.45, 7) is 3.08. The Morgan fingerprint density at radius 3 is 2.38 bits per heavy atom. The first-order chi connectivity index (χ1) is 19.4. The Morgan fingerprint density at radius 2 is 1.65 bits per heavy atom. The van der Waals surface area contributed by atoms with Crippen LogP contribution in [0.3, 0.4) is 0 Å². The molecule has 0 aliphatic heterocycles. The molecule has 0 radical (unpaired) electrons. The average Bonchev–Trinajstić information content (AvgIpc) is 3.39. The molecular weight excluding hydrogens is 514 g/mol. The van der Waals surface area contributed by atoms with Crippen LogP contribution in [0, 0.1) is 0 Å². The van der Waals surface area contributed by atoms with Gasteiger partial charge >= 0.3 is 5.97 Å². The minimum Gasteiger partial charge on any atom is -0.493 e. The van der Waals surface area contributed by atoms with Gasteiger partial charge in [0.15, 0.2) is 11.5 Å². The van der Waals surface area contributed by atoms with Gasteiger partial charge in [0.25, 0.3) is 0 Å². The molecule has 0 atom stereocenters. The van der Waals surface area contributed by atoms with Crippen LogP contribution in [-0.4, -0.2) is 86.7 Å². The second-order valence-corrected chi connectivity index (χ2v) is 9.23. The van der Waals surface area contributed by atoms with Crippen molar-refractivity contribution in [3.63, 3.8) is 0 Å². The molecule has 0 saturated heterocycles. The molecule has 3 aromatic rings. The van der Waals surface area contributed by atoms with E-state index >= 15 is 0 Å². The molecule has 0 aliphatic rings. The van der Waals surface area contributed by atoms with E-state index < -0.39 is 5.97 Å². The van der Waals surface area contributed by atoms with Crippen LogP contribution in [0.25, 0.3) is 10.9 Å². The van der Waals surface area contributed by atoms with Crippen LogP contribution in [-0.2, 0) is 36.8 Å². The largest absolute Gasteiger partial charge is 0.493 e. The highest BCUT2D eigenvalue weighted by molar-refractivity contribution is 5.87. The Bertz CT molecular complexity index is 1270. The minimum absolute atomic E-state index is 0.0408. The van der Waals surface area contributed by atoms with Gasteiger partial charge in [0.05, 0.1) is 40.4 Å². The smallest absolute Gasteiger partial charge is 0.306 e. The quantitative estimate of drug-likeness (QED) is 0.270. The van der Waals surface area contributed by atoms with Crippen molar-refractivity contribution in [2.75, 3.05) is 54.2 Å². The van der Waals surface area contributed by atoms with Crippen molar-refractivity contribution in [2.45, 2.75) is 32.7 Å². The predicted molar refractivity (Wildman–Crippen MR) is 151 cm³/mol. The zero-order valence-corrected chi connectivity index (χ0v) is 23.7. The number of H-pyrrole nitrogens is 1. The van der Waals surface area contributed by atoms with Gasteiger partial charge in [0.2, 0.25) is 11.8 Å². The summed E-state index contributed by atoms with van der Waals surface area (Å²) in [6.07, 6.45) is 2.51. The summed E-state index contributed by atoms with van der Waals surface area (Å²) in [5.41, 5.74) is 3.00. The van der Waals surface area contributed by atoms with Crippen LogP contribution >= 0.6 is 0 Å². The number of carbonyl (C=O) groups excluding carboxylic acids is 3. The number of aromatic amines is 1. The molecule has 2 amide bonds. The molecule has 0 saturated carbocycles. The zero-order chi connectivity index (χ0) is 28.9. The highest BCUT2D eigenvalue weighted by Gasteiger charge is 2.23. The van der Waals surface area contributed by atoms with E-state index in [1.165, 1.54) is 12.0 Å². The first-order valence-electron chi connectivity index (χ1n) is 13.4. The van der Waals surface area contributed by atoms with Crippen LogP contribution in [0.5, 0.6) is 11.5 Å². The number of rotatable bonds is 16. The molecule has 40 heavy (non-hydrogen) atoms. The fraction of sp³-hybridized carbons (Fsp3) is 0.433. The lowest BCUT2D eigenvalue weighted by Gasteiger charge is -2.28. The fourth-order valence-corrected chi connectivity index (χ4v) is 4.44. The van der Waals surface area contributed by atoms with Crippen LogP contribution in [0.2, 0.25) is 0 Å². The average molecular weight is 554 g/mol. The molecule has 10 heteroatoms. The molecule has 0 fully saturated rings. The second kappa shape index (κ2) is 15.5. The molecule has 1 aromatic heterocycles. The fourth-order valence-electron chi connectivity index (χ4n) is 4.44. The van der Waals surface area contributed by atoms with Gasteiger partial charge in [-0.05, 0) is 42.7 Å². The lowest BCUT2D eigenvalue weighted by Crippen LogP contribution is -2.44. The normalized spacial score (nSPS) is 10.8. The van der Waals surface area contributed by atoms with Crippen LogP contribution in [0.1, 0.15) is 30.9 Å². The Balaban J connectivity index is 1.80. The number of aromatic nitrogens is 1. The summed E-state index contributed by atoms with van der Waals surface area (Å²) in [6, 6.07) is 13.6. The molecule has 2 aromatic carbocycles. The van der Waals surface area contributed by atoms with Crippen molar-refractivity contribution in [1.29, 1.82) is 0 Å². The maximum absolute atomic E-state index is 13.7. The number of benzene rings is 2. The molecule has 0 aliphatic carbocycles. The van der Waals surface area contributed by atoms with Crippen LogP contribution in [0.15, 0.2) is 48.7 Å². The first-order valence-corrected chi connectivity index (χ1v) is 13.4. The maximum atomic E-state index is 13.7. The van der Waals surface area contributed by atoms with Crippen molar-refractivity contribution in [3.8, 4) is 11.5 Å². The van der Waals surface area contributed by atoms with Gasteiger partial charge in [0, 0.05) is 50.3 Å². The monoisotopic (exact) mass is 553 g/mol. The van der Waals surface area contributed by atoms with E-state index in [2.05, 4.69) is 11.1 Å². The van der Waals surface area contributed by atoms with Crippen molar-refractivity contribution in [3.05, 3.63) is 59.8 Å². The lowest BCUT2D eigenvalue weighted by atomic mass is 10.1. The highest BCUT2D eigenvalue weighted by Crippen LogP contribution is 2.28. The number of para-hydroxylation sites is 1. The van der Waals surface area contributed by atoms with Gasteiger partial charge in [-0.1, -0.05) is 24.3 Å². The van der Waals surface area contributed by atoms with Crippen LogP contribution < -0.4 is 9.47 Å². The van der Waals surface area contributed by atoms with E-state index in [1.807, 2.05) is 36.5 Å². The predicted octanol–water partition coefficient (Wildman–Crippen LogP) is 3.57. The number of carbonyl (C=O) groups is 3. The standard InChI is InChI=1S/C30H39N3O7/c1-5-40-30(36)13-12-28(34)33(16-17-37-2)21-29(35)32(20-22-10-11-26(38-3)27(18-22)39-4)15-14-23-19-31-25-9-7-6-8-24(23)25/h6-11,18-19,31H,5,12-17,20-21H2,1-4H3. The molecular formula is C30H39N3O7. The highest BCUT2D eigenvalue weighted by atomic mass is 16.5. The van der Waals surface area contributed by atoms with E-state index in [9.17, 15) is 14.4 Å². The number of methoxy groups -OCH3 is 3. The van der Waals surface area contributed by atoms with Gasteiger partial charge in [0.1, 0.15) is 0 Å². The summed E-state index contributed by atoms with van der Waals surface area (Å²) < 4.78 is 20.9. The Hall–Kier alpha value is -4.05. The summed E-state index contributed by atoms with van der Waals surface area (Å²) in [5, 5.41) is 1.11. The van der Waals surface area contributed by atoms with E-state index in [-0.39, 0.29) is 51.0 Å². The topological polar surface area (TPSA) is 110 Å². The molecule has 10 nitrogen and oxygen atoms in total. The third-order valence-corrected chi connectivity index (χ3v) is 6.59. The molecule has 3 rings (SSSR count). The number of amides is 2. The zero-order valence-electron chi connectivity index (χ0n) is 23.7. The van der Waals surface area contributed by atoms with E-state index in [0.717, 1.165) is 22.0 Å². The number of nitrogens with one attached hydrogen (secondary N) is 1. The number of fused-ring (bicyclic) bond motifs is 1. The van der Waals surface area contributed by atoms with Gasteiger partial charge in [-0.3, -0.25) is 14.4 Å². The van der Waals surface area contributed by atoms with Gasteiger partial charge in [-0.2, -0.15) is 0 Å². The summed E-state index contributed by atoms with van der Waals surface area (Å²) in [5.74, 6) is 0.208. The molecule has 1 heterocycles. The van der Waals surface area contributed by atoms with Gasteiger partial charge in [-0.25, -0.2) is 0 Å². The van der Waals surface area contributed by atoms with Crippen molar-refractivity contribution < 1.29 is 33.3 Å². The number of ether oxygens (including phenoxy) is 4. The van der Waals surface area contributed by atoms with Gasteiger partial charge in [-0.15, -0.1) is 0 Å². The van der Waals surface area contributed by atoms with E-state index in [4.69, 9.17) is 18.9 Å². The van der Waals surface area contributed by atoms with Crippen molar-refractivity contribution in [1.82, 2.24) is 14.8 Å². The molecule has 1 N–H and O–H groups in total. The van der Waals surface area contributed by atoms with Crippen molar-refractivity contribution >= 4 is 28.7 Å². The van der Waals surface area contributed by atoms with Crippen LogP contribution in [0.4, 0.5) is 0 Å². The summed E-state index contributed by atoms with van der Waals surface area (Å²) in [4.78, 5) is 44.9.